The van der Waals surface area contributed by atoms with E-state index in [1.165, 1.54) is 157 Å². The highest BCUT2D eigenvalue weighted by Crippen LogP contribution is 2.25. The quantitative estimate of drug-likeness (QED) is 0.00656. The molecule has 0 spiro atoms. The first-order chi connectivity index (χ1) is 70.8. The highest BCUT2D eigenvalue weighted by atomic mass is 127. The van der Waals surface area contributed by atoms with Crippen molar-refractivity contribution in [2.24, 2.45) is 11.8 Å². The SMILES string of the molecule is C#CC(C)(C)OC(=O)c1nnc(C)s1.CCCCC(CC)COC(=O)c1nnc(C)s1.CCCCCCOC(=O)c1nnc(C)s1.CCCCCOC(=O)c1nnc(C)s1.COCCOC(=O)c1nnc(C)s1.COCOC(=O)c1nnc(C)s1.Cc1nnc(C(=O)OC(C)(C)C)s1.Cc1nnc(C(=O)OC2CCCC2)s1.Cc1nnc(C(=O)OCC(C)C)s1.Cc1nnc(C(=O)OCCCBr)s1.Cc1nnc(C(=O)OCI)s1. The van der Waals surface area contributed by atoms with Crippen molar-refractivity contribution in [3.8, 4) is 12.3 Å². The molecule has 0 aliphatic heterocycles. The minimum Gasteiger partial charge on any atom is -0.460 e. The second kappa shape index (κ2) is 77.4. The van der Waals surface area contributed by atoms with Crippen LogP contribution in [0.25, 0.3) is 0 Å². The van der Waals surface area contributed by atoms with Gasteiger partial charge in [0.15, 0.2) is 12.4 Å². The highest BCUT2D eigenvalue weighted by Gasteiger charge is 2.27. The van der Waals surface area contributed by atoms with Crippen molar-refractivity contribution in [2.45, 2.75) is 272 Å². The van der Waals surface area contributed by atoms with E-state index >= 15 is 0 Å². The molecule has 149 heavy (non-hydrogen) atoms. The van der Waals surface area contributed by atoms with E-state index in [1.54, 1.807) is 69.4 Å². The van der Waals surface area contributed by atoms with Gasteiger partial charge in [0.25, 0.3) is 0 Å². The molecule has 11 aromatic rings. The van der Waals surface area contributed by atoms with Crippen molar-refractivity contribution >= 4 is 229 Å². The van der Waals surface area contributed by atoms with Crippen LogP contribution >= 0.6 is 163 Å². The predicted octanol–water partition coefficient (Wildman–Crippen LogP) is 19.3. The van der Waals surface area contributed by atoms with E-state index < -0.39 is 41.0 Å². The largest absolute Gasteiger partial charge is 0.460 e. The molecule has 0 aromatic carbocycles. The maximum atomic E-state index is 11.6. The van der Waals surface area contributed by atoms with Gasteiger partial charge < -0.3 is 61.6 Å². The Labute approximate surface area is 931 Å². The van der Waals surface area contributed by atoms with Crippen molar-refractivity contribution in [1.82, 2.24) is 112 Å². The number of hydrogen-bond acceptors (Lipinski definition) is 57. The third kappa shape index (κ3) is 62.0. The molecule has 822 valence electrons. The zero-order chi connectivity index (χ0) is 111. The summed E-state index contributed by atoms with van der Waals surface area (Å²) in [5.74, 6) is -1.22. The molecule has 1 aliphatic rings. The Morgan fingerprint density at radius 1 is 0.342 bits per heavy atom. The topological polar surface area (TPSA) is 591 Å². The first kappa shape index (κ1) is 135. The number of methoxy groups -OCH3 is 2. The van der Waals surface area contributed by atoms with E-state index in [-0.39, 0.29) is 70.3 Å². The van der Waals surface area contributed by atoms with Gasteiger partial charge in [0, 0.05) is 19.5 Å². The van der Waals surface area contributed by atoms with Crippen molar-refractivity contribution in [2.75, 3.05) is 77.2 Å². The Morgan fingerprint density at radius 3 is 0.893 bits per heavy atom. The molecule has 0 bridgehead atoms. The zero-order valence-electron chi connectivity index (χ0n) is 87.6. The molecule has 46 nitrogen and oxygen atoms in total. The molecular formula is C90H128BrIN22O24S11. The second-order valence-corrected chi connectivity index (χ2v) is 46.4. The summed E-state index contributed by atoms with van der Waals surface area (Å²) >= 11 is 18.8. The van der Waals surface area contributed by atoms with E-state index in [4.69, 9.17) is 58.5 Å². The Kier molecular flexibility index (Phi) is 70.1. The molecule has 11 aromatic heterocycles. The van der Waals surface area contributed by atoms with Crippen LogP contribution in [0.3, 0.4) is 0 Å². The molecule has 0 amide bonds. The lowest BCUT2D eigenvalue weighted by Gasteiger charge is -2.17. The summed E-state index contributed by atoms with van der Waals surface area (Å²) in [6.07, 6.45) is 22.5. The van der Waals surface area contributed by atoms with Crippen molar-refractivity contribution in [3.05, 3.63) is 110 Å². The lowest BCUT2D eigenvalue weighted by Crippen LogP contribution is -2.25. The zero-order valence-corrected chi connectivity index (χ0v) is 100. The number of halogens is 2. The van der Waals surface area contributed by atoms with Gasteiger partial charge in [-0.15, -0.1) is 119 Å². The average Bonchev–Trinajstić information content (AvgIpc) is 1.87. The number of nitrogens with zero attached hydrogens (tertiary/aromatic N) is 22. The van der Waals surface area contributed by atoms with E-state index in [2.05, 4.69) is 171 Å². The van der Waals surface area contributed by atoms with Crippen LogP contribution in [0.4, 0.5) is 0 Å². The van der Waals surface area contributed by atoms with E-state index in [9.17, 15) is 52.7 Å². The Hall–Kier alpha value is -9.98. The molecule has 0 saturated heterocycles. The first-order valence-corrected chi connectivity index (χ1v) is 57.8. The normalized spacial score (nSPS) is 11.2. The van der Waals surface area contributed by atoms with Gasteiger partial charge >= 0.3 is 65.7 Å². The summed E-state index contributed by atoms with van der Waals surface area (Å²) in [4.78, 5) is 124. The van der Waals surface area contributed by atoms with Crippen molar-refractivity contribution in [1.29, 1.82) is 0 Å². The first-order valence-electron chi connectivity index (χ1n) is 46.2. The number of alkyl halides is 2. The van der Waals surface area contributed by atoms with Gasteiger partial charge in [-0.25, -0.2) is 52.7 Å². The maximum absolute atomic E-state index is 11.6. The number of esters is 11. The van der Waals surface area contributed by atoms with Crippen LogP contribution in [0.15, 0.2) is 0 Å². The van der Waals surface area contributed by atoms with Crippen LogP contribution in [-0.2, 0) is 61.6 Å². The smallest absolute Gasteiger partial charge is 0.371 e. The number of unbranched alkanes of at least 4 members (excludes halogenated alkanes) is 6. The number of aryl methyl sites for hydroxylation is 11. The molecule has 1 saturated carbocycles. The number of carbonyl (C=O) groups is 11. The predicted molar refractivity (Wildman–Crippen MR) is 578 cm³/mol. The third-order valence-corrected chi connectivity index (χ3v) is 26.5. The molecule has 1 aliphatic carbocycles. The van der Waals surface area contributed by atoms with Gasteiger partial charge in [-0.05, 0) is 197 Å². The summed E-state index contributed by atoms with van der Waals surface area (Å²) in [6, 6.07) is 0. The molecule has 1 atom stereocenters. The Balaban J connectivity index is 0.000000554. The van der Waals surface area contributed by atoms with Gasteiger partial charge in [-0.2, -0.15) is 0 Å². The van der Waals surface area contributed by atoms with Gasteiger partial charge in [-0.3, -0.25) is 0 Å². The molecular weight excluding hydrogens is 2330 g/mol. The number of terminal acetylenes is 1. The minimum absolute atomic E-state index is 0.0581. The van der Waals surface area contributed by atoms with Crippen LogP contribution in [-0.4, -0.2) is 272 Å². The Bertz CT molecular complexity index is 5720. The molecule has 0 radical (unpaired) electrons. The fourth-order valence-electron chi connectivity index (χ4n) is 9.64. The molecule has 12 rings (SSSR count). The number of aromatic nitrogens is 22. The van der Waals surface area contributed by atoms with E-state index in [0.717, 1.165) is 137 Å². The Morgan fingerprint density at radius 2 is 0.617 bits per heavy atom. The summed E-state index contributed by atoms with van der Waals surface area (Å²) in [5.41, 5.74) is -1.38. The van der Waals surface area contributed by atoms with Crippen molar-refractivity contribution in [3.63, 3.8) is 0 Å². The summed E-state index contributed by atoms with van der Waals surface area (Å²) in [7, 11) is 2.99. The number of carbonyl (C=O) groups excluding carboxylic acids is 11. The van der Waals surface area contributed by atoms with Crippen LogP contribution in [0.1, 0.15) is 342 Å². The van der Waals surface area contributed by atoms with E-state index in [0.29, 0.717) is 96.2 Å². The summed E-state index contributed by atoms with van der Waals surface area (Å²) < 4.78 is 64.4. The van der Waals surface area contributed by atoms with Gasteiger partial charge in [0.05, 0.1) is 39.6 Å². The molecule has 1 fully saturated rings. The van der Waals surface area contributed by atoms with Gasteiger partial charge in [0.1, 0.15) is 78.0 Å². The molecule has 11 heterocycles. The van der Waals surface area contributed by atoms with Crippen LogP contribution in [0.5, 0.6) is 0 Å². The molecule has 59 heteroatoms. The lowest BCUT2D eigenvalue weighted by molar-refractivity contribution is -0.0127. The highest BCUT2D eigenvalue weighted by molar-refractivity contribution is 14.1. The third-order valence-electron chi connectivity index (χ3n) is 16.7. The van der Waals surface area contributed by atoms with Crippen molar-refractivity contribution < 1.29 is 114 Å². The lowest BCUT2D eigenvalue weighted by atomic mass is 10.0. The van der Waals surface area contributed by atoms with Gasteiger partial charge in [-0.1, -0.05) is 239 Å². The fourth-order valence-corrected chi connectivity index (χ4v) is 16.5. The monoisotopic (exact) mass is 2460 g/mol. The van der Waals surface area contributed by atoms with Crippen LogP contribution in [0.2, 0.25) is 0 Å². The summed E-state index contributed by atoms with van der Waals surface area (Å²) in [6.45, 7) is 43.9. The fraction of sp³-hybridized carbons (Fsp3) is 0.611. The average molecular weight is 2460 g/mol. The number of ether oxygens (including phenoxy) is 13. The maximum Gasteiger partial charge on any atom is 0.371 e. The molecule has 1 unspecified atom stereocenters. The standard InChI is InChI=1S/C12H20N2O2S.C10H16N2O2S.C9H12N2O2S.C9H10N2O2S.C9H14N2O2S.2C8H12N2O2S.C7H9BrN2O2S.C7H10N2O3S.C6H8N2O3S.C5H5IN2O2S/c1-4-6-7-10(5-2)8-16-12(15)11-14-13-9(3)17-11;1-3-4-5-6-7-14-10(13)9-12-11-8(2)15-9;1-6-10-11-8(14-6)9(12)13-7-4-2-3-5-7;1-5-9(3,4)13-8(12)7-11-10-6(2)14-7;1-3-4-5-6-13-9(12)8-11-10-7(2)14-8;1-5-9-10-6(13-5)7(11)12-8(2,3)4;1-5(2)4-12-8(11)7-10-9-6(3)13-7;1-5-9-10-6(13-5)7(11)12-4-2-3-8;1-5-8-9-6(13-5)7(10)12-4-3-11-2;1-4-7-8-5(12-4)6(9)11-3-10-2;1-3-7-8-4(11-3)5(9)10-2-6/h10H,4-8H2,1-3H3;3-7H2,1-2H3;7H,2-5H2,1H3;1H,2-4H3;3-6H2,1-2H3;1-4H3;5H,4H2,1-3H3;2-4H2,1H3;3-4H2,1-2H3;3H2,1-2H3;2H2,1H3. The van der Waals surface area contributed by atoms with Crippen LogP contribution < -0.4 is 0 Å². The number of rotatable bonds is 39. The summed E-state index contributed by atoms with van der Waals surface area (Å²) in [5, 5.41) is 94.4. The number of hydrogen-bond donors (Lipinski definition) is 0. The van der Waals surface area contributed by atoms with Crippen LogP contribution in [0, 0.1) is 100 Å². The van der Waals surface area contributed by atoms with Gasteiger partial charge in [0.2, 0.25) is 55.1 Å². The minimum atomic E-state index is -0.906. The second-order valence-electron chi connectivity index (χ2n) is 32.0. The molecule has 0 N–H and O–H groups in total. The van der Waals surface area contributed by atoms with E-state index in [1.807, 2.05) is 84.9 Å².